The number of amides is 1. The highest BCUT2D eigenvalue weighted by Gasteiger charge is 2.36. The monoisotopic (exact) mass is 364 g/mol. The highest BCUT2D eigenvalue weighted by atomic mass is 16.5. The average molecular weight is 364 g/mol. The number of aliphatic hydroxyl groups is 1. The Hall–Kier alpha value is -1.44. The van der Waals surface area contributed by atoms with Gasteiger partial charge in [-0.2, -0.15) is 5.10 Å². The van der Waals surface area contributed by atoms with Gasteiger partial charge in [-0.1, -0.05) is 0 Å². The largest absolute Gasteiger partial charge is 0.384 e. The van der Waals surface area contributed by atoms with Crippen molar-refractivity contribution in [3.8, 4) is 0 Å². The Balaban J connectivity index is 1.51. The molecule has 1 amide bonds. The average Bonchev–Trinajstić information content (AvgIpc) is 3.14. The Morgan fingerprint density at radius 2 is 2.08 bits per heavy atom. The van der Waals surface area contributed by atoms with E-state index in [2.05, 4.69) is 10.00 Å². The van der Waals surface area contributed by atoms with E-state index < -0.39 is 5.60 Å². The second-order valence-electron chi connectivity index (χ2n) is 7.83. The summed E-state index contributed by atoms with van der Waals surface area (Å²) < 4.78 is 7.56. The molecule has 2 aliphatic rings. The van der Waals surface area contributed by atoms with E-state index in [4.69, 9.17) is 4.74 Å². The summed E-state index contributed by atoms with van der Waals surface area (Å²) in [4.78, 5) is 16.7. The maximum atomic E-state index is 12.7. The van der Waals surface area contributed by atoms with Crippen molar-refractivity contribution < 1.29 is 14.6 Å². The van der Waals surface area contributed by atoms with Crippen LogP contribution in [-0.4, -0.2) is 82.1 Å². The number of aromatic nitrogens is 2. The molecule has 0 aliphatic carbocycles. The third-order valence-corrected chi connectivity index (χ3v) is 5.29. The Morgan fingerprint density at radius 3 is 2.77 bits per heavy atom. The van der Waals surface area contributed by atoms with Crippen LogP contribution >= 0.6 is 0 Å². The molecule has 2 fully saturated rings. The first-order valence-electron chi connectivity index (χ1n) is 9.76. The van der Waals surface area contributed by atoms with E-state index in [1.807, 2.05) is 24.6 Å². The number of hydrogen-bond donors (Lipinski definition) is 1. The van der Waals surface area contributed by atoms with Gasteiger partial charge in [-0.15, -0.1) is 0 Å². The van der Waals surface area contributed by atoms with Gasteiger partial charge in [0.15, 0.2) is 0 Å². The number of nitrogens with zero attached hydrogens (tertiary/aromatic N) is 4. The van der Waals surface area contributed by atoms with Crippen molar-refractivity contribution in [2.45, 2.75) is 51.7 Å². The number of β-amino-alcohol motifs (C(OH)–C–C–N with tert-alkyl or cyclic N) is 1. The zero-order valence-corrected chi connectivity index (χ0v) is 16.1. The number of carbonyl (C=O) groups excluding carboxylic acids is 1. The van der Waals surface area contributed by atoms with Crippen LogP contribution in [0.3, 0.4) is 0 Å². The molecule has 7 nitrogen and oxygen atoms in total. The third kappa shape index (κ3) is 5.05. The summed E-state index contributed by atoms with van der Waals surface area (Å²) >= 11 is 0. The molecule has 1 aromatic heterocycles. The number of hydrogen-bond acceptors (Lipinski definition) is 5. The number of carbonyl (C=O) groups is 1. The van der Waals surface area contributed by atoms with Gasteiger partial charge in [-0.25, -0.2) is 0 Å². The number of aryl methyl sites for hydroxylation is 3. The molecule has 1 aromatic rings. The van der Waals surface area contributed by atoms with Gasteiger partial charge in [0.2, 0.25) is 5.91 Å². The molecule has 26 heavy (non-hydrogen) atoms. The third-order valence-electron chi connectivity index (χ3n) is 5.29. The summed E-state index contributed by atoms with van der Waals surface area (Å²) in [6.07, 6.45) is 3.60. The lowest BCUT2D eigenvalue weighted by molar-refractivity contribution is -0.134. The van der Waals surface area contributed by atoms with Gasteiger partial charge < -0.3 is 19.6 Å². The molecule has 0 bridgehead atoms. The van der Waals surface area contributed by atoms with Crippen LogP contribution in [0.5, 0.6) is 0 Å². The molecule has 3 rings (SSSR count). The minimum Gasteiger partial charge on any atom is -0.384 e. The predicted molar refractivity (Wildman–Crippen MR) is 99.0 cm³/mol. The lowest BCUT2D eigenvalue weighted by Gasteiger charge is -2.34. The topological polar surface area (TPSA) is 70.8 Å². The van der Waals surface area contributed by atoms with Gasteiger partial charge >= 0.3 is 0 Å². The van der Waals surface area contributed by atoms with Crippen molar-refractivity contribution in [3.05, 3.63) is 17.5 Å². The van der Waals surface area contributed by atoms with Gasteiger partial charge in [0, 0.05) is 31.7 Å². The van der Waals surface area contributed by atoms with Gasteiger partial charge in [0.1, 0.15) is 5.60 Å². The zero-order chi connectivity index (χ0) is 18.6. The van der Waals surface area contributed by atoms with Crippen molar-refractivity contribution in [1.29, 1.82) is 0 Å². The first-order valence-corrected chi connectivity index (χ1v) is 9.76. The molecular weight excluding hydrogens is 332 g/mol. The predicted octanol–water partition coefficient (Wildman–Crippen LogP) is 0.966. The van der Waals surface area contributed by atoms with E-state index in [1.54, 1.807) is 4.90 Å². The fraction of sp³-hybridized carbons (Fsp3) is 0.789. The van der Waals surface area contributed by atoms with Crippen LogP contribution in [0.25, 0.3) is 0 Å². The van der Waals surface area contributed by atoms with Crippen LogP contribution in [0, 0.1) is 13.8 Å². The van der Waals surface area contributed by atoms with Gasteiger partial charge in [-0.3, -0.25) is 9.48 Å². The van der Waals surface area contributed by atoms with Crippen LogP contribution in [0.1, 0.15) is 37.1 Å². The summed E-state index contributed by atoms with van der Waals surface area (Å²) in [7, 11) is 0. The minimum atomic E-state index is -0.966. The molecule has 1 atom stereocenters. The first-order chi connectivity index (χ1) is 12.5. The lowest BCUT2D eigenvalue weighted by atomic mass is 10.0. The summed E-state index contributed by atoms with van der Waals surface area (Å²) in [5, 5.41) is 15.4. The maximum Gasteiger partial charge on any atom is 0.222 e. The second-order valence-corrected chi connectivity index (χ2v) is 7.83. The SMILES string of the molecule is Cc1cc(C)n(CCCC(=O)N2CCOC[C@@](O)(CN3CCCC3)C2)n1. The normalized spacial score (nSPS) is 24.8. The maximum absolute atomic E-state index is 12.7. The van der Waals surface area contributed by atoms with Crippen molar-refractivity contribution in [3.63, 3.8) is 0 Å². The molecular formula is C19H32N4O3. The number of rotatable bonds is 6. The molecule has 3 heterocycles. The summed E-state index contributed by atoms with van der Waals surface area (Å²) in [6, 6.07) is 2.05. The fourth-order valence-electron chi connectivity index (χ4n) is 4.02. The van der Waals surface area contributed by atoms with Crippen LogP contribution in [0.2, 0.25) is 0 Å². The first kappa shape index (κ1) is 19.3. The molecule has 2 aliphatic heterocycles. The minimum absolute atomic E-state index is 0.0943. The van der Waals surface area contributed by atoms with E-state index in [0.717, 1.165) is 37.4 Å². The molecule has 146 valence electrons. The van der Waals surface area contributed by atoms with Crippen molar-refractivity contribution in [2.75, 3.05) is 45.9 Å². The molecule has 1 N–H and O–H groups in total. The molecule has 0 spiro atoms. The number of likely N-dealkylation sites (tertiary alicyclic amines) is 1. The van der Waals surface area contributed by atoms with Gasteiger partial charge in [0.25, 0.3) is 0 Å². The summed E-state index contributed by atoms with van der Waals surface area (Å²) in [5.41, 5.74) is 1.16. The van der Waals surface area contributed by atoms with Crippen LogP contribution in [0.4, 0.5) is 0 Å². The molecule has 7 heteroatoms. The second kappa shape index (κ2) is 8.50. The Bertz CT molecular complexity index is 612. The van der Waals surface area contributed by atoms with E-state index in [9.17, 15) is 9.90 Å². The van der Waals surface area contributed by atoms with E-state index >= 15 is 0 Å². The Labute approximate surface area is 155 Å². The van der Waals surface area contributed by atoms with Crippen LogP contribution in [-0.2, 0) is 16.1 Å². The highest BCUT2D eigenvalue weighted by molar-refractivity contribution is 5.76. The van der Waals surface area contributed by atoms with Crippen LogP contribution < -0.4 is 0 Å². The molecule has 0 saturated carbocycles. The lowest BCUT2D eigenvalue weighted by Crippen LogP contribution is -2.53. The number of ether oxygens (including phenoxy) is 1. The fourth-order valence-corrected chi connectivity index (χ4v) is 4.02. The summed E-state index contributed by atoms with van der Waals surface area (Å²) in [5.74, 6) is 0.0943. The van der Waals surface area contributed by atoms with Crippen molar-refractivity contribution in [2.24, 2.45) is 0 Å². The van der Waals surface area contributed by atoms with Crippen LogP contribution in [0.15, 0.2) is 6.07 Å². The molecule has 2 saturated heterocycles. The molecule has 0 unspecified atom stereocenters. The van der Waals surface area contributed by atoms with Crippen molar-refractivity contribution >= 4 is 5.91 Å². The highest BCUT2D eigenvalue weighted by Crippen LogP contribution is 2.18. The molecule has 0 aromatic carbocycles. The smallest absolute Gasteiger partial charge is 0.222 e. The quantitative estimate of drug-likeness (QED) is 0.814. The standard InChI is InChI=1S/C19H32N4O3/c1-16-12-17(2)23(20-16)9-5-6-18(24)22-10-11-26-15-19(25,14-22)13-21-7-3-4-8-21/h12,25H,3-11,13-15H2,1-2H3/t19-/m1/s1. The van der Waals surface area contributed by atoms with Crippen molar-refractivity contribution in [1.82, 2.24) is 19.6 Å². The zero-order valence-electron chi connectivity index (χ0n) is 16.1. The van der Waals surface area contributed by atoms with E-state index in [0.29, 0.717) is 39.3 Å². The Kier molecular flexibility index (Phi) is 6.32. The van der Waals surface area contributed by atoms with E-state index in [1.165, 1.54) is 12.8 Å². The van der Waals surface area contributed by atoms with Gasteiger partial charge in [0.05, 0.1) is 25.5 Å². The Morgan fingerprint density at radius 1 is 1.31 bits per heavy atom. The summed E-state index contributed by atoms with van der Waals surface area (Å²) in [6.45, 7) is 9.11. The van der Waals surface area contributed by atoms with E-state index in [-0.39, 0.29) is 5.91 Å². The molecule has 0 radical (unpaired) electrons. The van der Waals surface area contributed by atoms with Gasteiger partial charge in [-0.05, 0) is 52.3 Å².